The molecular formula is C10H18N4O4. The highest BCUT2D eigenvalue weighted by Gasteiger charge is 2.17. The summed E-state index contributed by atoms with van der Waals surface area (Å²) in [5.41, 5.74) is 4.70. The summed E-state index contributed by atoms with van der Waals surface area (Å²) in [4.78, 5) is 26.9. The highest BCUT2D eigenvalue weighted by atomic mass is 16.3. The van der Waals surface area contributed by atoms with Gasteiger partial charge in [-0.25, -0.2) is 4.79 Å². The molecule has 0 amide bonds. The normalized spacial score (nSPS) is 10.6. The molecule has 0 saturated heterocycles. The van der Waals surface area contributed by atoms with Gasteiger partial charge < -0.3 is 20.8 Å². The fourth-order valence-corrected chi connectivity index (χ4v) is 1.77. The van der Waals surface area contributed by atoms with E-state index < -0.39 is 11.2 Å². The van der Waals surface area contributed by atoms with Crippen LogP contribution in [0.5, 0.6) is 0 Å². The molecule has 0 saturated carbocycles. The lowest BCUT2D eigenvalue weighted by Gasteiger charge is -2.24. The topological polar surface area (TPSA) is 125 Å². The number of nitrogen functional groups attached to an aromatic ring is 1. The minimum absolute atomic E-state index is 0.0353. The summed E-state index contributed by atoms with van der Waals surface area (Å²) in [6, 6.07) is 0. The van der Waals surface area contributed by atoms with E-state index in [1.807, 2.05) is 0 Å². The van der Waals surface area contributed by atoms with Gasteiger partial charge in [0.05, 0.1) is 13.2 Å². The van der Waals surface area contributed by atoms with Crippen LogP contribution in [-0.4, -0.2) is 46.1 Å². The third kappa shape index (κ3) is 2.71. The number of H-pyrrole nitrogens is 1. The number of rotatable bonds is 6. The van der Waals surface area contributed by atoms with Crippen molar-refractivity contribution in [3.63, 3.8) is 0 Å². The molecule has 1 rings (SSSR count). The molecule has 0 fully saturated rings. The molecule has 0 bridgehead atoms. The van der Waals surface area contributed by atoms with Crippen molar-refractivity contribution < 1.29 is 10.2 Å². The second-order valence-electron chi connectivity index (χ2n) is 3.67. The number of hydrogen-bond acceptors (Lipinski definition) is 6. The van der Waals surface area contributed by atoms with Crippen LogP contribution in [-0.2, 0) is 6.54 Å². The summed E-state index contributed by atoms with van der Waals surface area (Å²) >= 11 is 0. The second kappa shape index (κ2) is 6.22. The number of anilines is 2. The van der Waals surface area contributed by atoms with Crippen molar-refractivity contribution in [1.82, 2.24) is 9.55 Å². The second-order valence-corrected chi connectivity index (χ2v) is 3.67. The summed E-state index contributed by atoms with van der Waals surface area (Å²) in [5.74, 6) is 0.0353. The SMILES string of the molecule is CCn1c(N)c(N(CCO)CCO)c(=O)[nH]c1=O. The van der Waals surface area contributed by atoms with Crippen LogP contribution in [0, 0.1) is 0 Å². The fourth-order valence-electron chi connectivity index (χ4n) is 1.77. The Hall–Kier alpha value is -1.80. The summed E-state index contributed by atoms with van der Waals surface area (Å²) < 4.78 is 1.22. The lowest BCUT2D eigenvalue weighted by molar-refractivity contribution is 0.281. The molecule has 18 heavy (non-hydrogen) atoms. The third-order valence-electron chi connectivity index (χ3n) is 2.59. The third-order valence-corrected chi connectivity index (χ3v) is 2.59. The van der Waals surface area contributed by atoms with Crippen molar-refractivity contribution in [2.24, 2.45) is 0 Å². The van der Waals surface area contributed by atoms with Gasteiger partial charge in [-0.15, -0.1) is 0 Å². The van der Waals surface area contributed by atoms with E-state index in [0.29, 0.717) is 6.54 Å². The molecule has 1 heterocycles. The molecule has 1 aromatic rings. The van der Waals surface area contributed by atoms with Crippen molar-refractivity contribution in [1.29, 1.82) is 0 Å². The first-order valence-corrected chi connectivity index (χ1v) is 5.66. The van der Waals surface area contributed by atoms with Gasteiger partial charge in [-0.3, -0.25) is 14.3 Å². The number of nitrogens with zero attached hydrogens (tertiary/aromatic N) is 2. The van der Waals surface area contributed by atoms with E-state index in [9.17, 15) is 9.59 Å². The Bertz CT molecular complexity index is 502. The number of aliphatic hydroxyl groups is 2. The lowest BCUT2D eigenvalue weighted by Crippen LogP contribution is -2.40. The van der Waals surface area contributed by atoms with E-state index in [1.54, 1.807) is 6.92 Å². The van der Waals surface area contributed by atoms with Crippen LogP contribution in [0.1, 0.15) is 6.92 Å². The monoisotopic (exact) mass is 258 g/mol. The Labute approximate surface area is 103 Å². The van der Waals surface area contributed by atoms with Gasteiger partial charge in [-0.1, -0.05) is 0 Å². The quantitative estimate of drug-likeness (QED) is 0.464. The minimum atomic E-state index is -0.621. The van der Waals surface area contributed by atoms with Crippen molar-refractivity contribution >= 4 is 11.5 Å². The predicted octanol–water partition coefficient (Wildman–Crippen LogP) is -2.07. The zero-order valence-electron chi connectivity index (χ0n) is 10.2. The number of aliphatic hydroxyl groups excluding tert-OH is 2. The van der Waals surface area contributed by atoms with E-state index in [0.717, 1.165) is 0 Å². The van der Waals surface area contributed by atoms with Gasteiger partial charge in [-0.2, -0.15) is 0 Å². The molecule has 8 nitrogen and oxygen atoms in total. The van der Waals surface area contributed by atoms with E-state index in [4.69, 9.17) is 15.9 Å². The molecule has 0 radical (unpaired) electrons. The molecular weight excluding hydrogens is 240 g/mol. The maximum Gasteiger partial charge on any atom is 0.330 e. The molecule has 0 aromatic carbocycles. The van der Waals surface area contributed by atoms with Crippen LogP contribution >= 0.6 is 0 Å². The Morgan fingerprint density at radius 1 is 1.28 bits per heavy atom. The summed E-state index contributed by atoms with van der Waals surface area (Å²) in [6.45, 7) is 1.96. The summed E-state index contributed by atoms with van der Waals surface area (Å²) in [5, 5.41) is 17.9. The van der Waals surface area contributed by atoms with Gasteiger partial charge in [0.15, 0.2) is 0 Å². The molecule has 1 aromatic heterocycles. The molecule has 0 aliphatic rings. The van der Waals surface area contributed by atoms with Gasteiger partial charge in [0.1, 0.15) is 11.5 Å². The van der Waals surface area contributed by atoms with E-state index in [1.165, 1.54) is 9.47 Å². The highest BCUT2D eigenvalue weighted by molar-refractivity contribution is 5.62. The minimum Gasteiger partial charge on any atom is -0.395 e. The first-order valence-electron chi connectivity index (χ1n) is 5.66. The lowest BCUT2D eigenvalue weighted by atomic mass is 10.3. The molecule has 0 spiro atoms. The van der Waals surface area contributed by atoms with Crippen LogP contribution in [0.25, 0.3) is 0 Å². The summed E-state index contributed by atoms with van der Waals surface area (Å²) in [7, 11) is 0. The van der Waals surface area contributed by atoms with Gasteiger partial charge in [-0.05, 0) is 6.92 Å². The molecule has 0 atom stereocenters. The number of aromatic nitrogens is 2. The largest absolute Gasteiger partial charge is 0.395 e. The molecule has 5 N–H and O–H groups in total. The molecule has 0 aliphatic carbocycles. The average Bonchev–Trinajstić information content (AvgIpc) is 2.29. The maximum atomic E-state index is 11.8. The highest BCUT2D eigenvalue weighted by Crippen LogP contribution is 2.15. The average molecular weight is 258 g/mol. The van der Waals surface area contributed by atoms with Crippen LogP contribution in [0.3, 0.4) is 0 Å². The van der Waals surface area contributed by atoms with Crippen molar-refractivity contribution in [2.45, 2.75) is 13.5 Å². The van der Waals surface area contributed by atoms with E-state index >= 15 is 0 Å². The first kappa shape index (κ1) is 14.3. The number of hydrogen-bond donors (Lipinski definition) is 4. The van der Waals surface area contributed by atoms with Crippen LogP contribution in [0.2, 0.25) is 0 Å². The number of aromatic amines is 1. The van der Waals surface area contributed by atoms with Gasteiger partial charge in [0, 0.05) is 19.6 Å². The van der Waals surface area contributed by atoms with Crippen molar-refractivity contribution in [2.75, 3.05) is 36.9 Å². The van der Waals surface area contributed by atoms with Crippen molar-refractivity contribution in [3.05, 3.63) is 20.8 Å². The Morgan fingerprint density at radius 2 is 1.83 bits per heavy atom. The first-order chi connectivity index (χ1) is 8.56. The van der Waals surface area contributed by atoms with Gasteiger partial charge >= 0.3 is 5.69 Å². The number of nitrogens with two attached hydrogens (primary N) is 1. The fraction of sp³-hybridized carbons (Fsp3) is 0.600. The maximum absolute atomic E-state index is 11.8. The zero-order valence-corrected chi connectivity index (χ0v) is 10.2. The summed E-state index contributed by atoms with van der Waals surface area (Å²) in [6.07, 6.45) is 0. The zero-order chi connectivity index (χ0) is 13.7. The van der Waals surface area contributed by atoms with E-state index in [2.05, 4.69) is 4.98 Å². The van der Waals surface area contributed by atoms with Crippen LogP contribution in [0.15, 0.2) is 9.59 Å². The van der Waals surface area contributed by atoms with Gasteiger partial charge in [0.2, 0.25) is 0 Å². The van der Waals surface area contributed by atoms with Crippen LogP contribution < -0.4 is 21.9 Å². The smallest absolute Gasteiger partial charge is 0.330 e. The Kier molecular flexibility index (Phi) is 4.93. The Balaban J connectivity index is 3.37. The predicted molar refractivity (Wildman–Crippen MR) is 67.8 cm³/mol. The number of nitrogens with one attached hydrogen (secondary N) is 1. The van der Waals surface area contributed by atoms with Crippen LogP contribution in [0.4, 0.5) is 11.5 Å². The molecule has 102 valence electrons. The Morgan fingerprint density at radius 3 is 2.28 bits per heavy atom. The van der Waals surface area contributed by atoms with E-state index in [-0.39, 0.29) is 37.8 Å². The van der Waals surface area contributed by atoms with Gasteiger partial charge in [0.25, 0.3) is 5.56 Å². The molecule has 0 unspecified atom stereocenters. The van der Waals surface area contributed by atoms with Crippen molar-refractivity contribution in [3.8, 4) is 0 Å². The molecule has 0 aliphatic heterocycles. The molecule has 8 heteroatoms. The standard InChI is InChI=1S/C10H18N4O4/c1-2-14-8(11)7(9(17)12-10(14)18)13(3-5-15)4-6-16/h15-16H,2-6,11H2,1H3,(H,12,17,18).